The van der Waals surface area contributed by atoms with Gasteiger partial charge in [0.15, 0.2) is 5.70 Å². The molecule has 204 valence electrons. The van der Waals surface area contributed by atoms with Gasteiger partial charge in [-0.2, -0.15) is 5.21 Å². The van der Waals surface area contributed by atoms with Crippen LogP contribution in [0, 0.1) is 11.8 Å². The number of carboxylic acids is 1. The molecule has 2 heterocycles. The molecule has 1 aromatic heterocycles. The highest BCUT2D eigenvalue weighted by molar-refractivity contribution is 5.94. The minimum absolute atomic E-state index is 0.0370. The summed E-state index contributed by atoms with van der Waals surface area (Å²) >= 11 is 0. The van der Waals surface area contributed by atoms with Gasteiger partial charge in [-0.05, 0) is 53.5 Å². The molecule has 0 bridgehead atoms. The maximum absolute atomic E-state index is 13.5. The lowest BCUT2D eigenvalue weighted by atomic mass is 9.88. The van der Waals surface area contributed by atoms with Crippen molar-refractivity contribution in [3.8, 4) is 22.5 Å². The third-order valence-electron chi connectivity index (χ3n) is 7.77. The number of allylic oxidation sites excluding steroid dienone is 1. The molecule has 2 N–H and O–H groups in total. The van der Waals surface area contributed by atoms with Gasteiger partial charge in [-0.15, -0.1) is 10.2 Å². The summed E-state index contributed by atoms with van der Waals surface area (Å²) in [6, 6.07) is 16.2. The molecule has 1 aliphatic carbocycles. The van der Waals surface area contributed by atoms with Gasteiger partial charge in [-0.1, -0.05) is 81.6 Å². The van der Waals surface area contributed by atoms with Crippen molar-refractivity contribution in [3.63, 3.8) is 0 Å². The average molecular weight is 529 g/mol. The molecule has 39 heavy (non-hydrogen) atoms. The summed E-state index contributed by atoms with van der Waals surface area (Å²) in [5.41, 5.74) is 4.89. The van der Waals surface area contributed by atoms with E-state index in [-0.39, 0.29) is 24.2 Å². The van der Waals surface area contributed by atoms with Crippen LogP contribution in [-0.2, 0) is 16.1 Å². The number of carboxylic acid groups (broad SMARTS) is 1. The van der Waals surface area contributed by atoms with Crippen LogP contribution in [0.4, 0.5) is 0 Å². The SMILES string of the molecule is CC(C)CCC1=C(C(=O)O)N(C(=O)C2CCCCC2)CN1Cc1ccc(-c2ccccc2-c2nn[nH]n2)cc1. The maximum atomic E-state index is 13.5. The molecule has 5 rings (SSSR count). The predicted octanol–water partition coefficient (Wildman–Crippen LogP) is 5.45. The van der Waals surface area contributed by atoms with E-state index >= 15 is 0 Å². The summed E-state index contributed by atoms with van der Waals surface area (Å²) in [6.45, 7) is 5.09. The van der Waals surface area contributed by atoms with Gasteiger partial charge in [0, 0.05) is 23.7 Å². The number of benzene rings is 2. The summed E-state index contributed by atoms with van der Waals surface area (Å²) in [5.74, 6) is -0.177. The van der Waals surface area contributed by atoms with Gasteiger partial charge in [0.1, 0.15) is 0 Å². The van der Waals surface area contributed by atoms with E-state index in [1.807, 2.05) is 24.3 Å². The van der Waals surface area contributed by atoms with Crippen LogP contribution < -0.4 is 0 Å². The number of aromatic amines is 1. The Morgan fingerprint density at radius 3 is 2.38 bits per heavy atom. The summed E-state index contributed by atoms with van der Waals surface area (Å²) in [6.07, 6.45) is 6.38. The zero-order valence-corrected chi connectivity index (χ0v) is 22.6. The van der Waals surface area contributed by atoms with Crippen molar-refractivity contribution in [1.82, 2.24) is 30.4 Å². The van der Waals surface area contributed by atoms with E-state index in [4.69, 9.17) is 0 Å². The second kappa shape index (κ2) is 11.8. The maximum Gasteiger partial charge on any atom is 0.354 e. The summed E-state index contributed by atoms with van der Waals surface area (Å²) in [7, 11) is 0. The molecule has 0 unspecified atom stereocenters. The Bertz CT molecular complexity index is 1330. The normalized spacial score (nSPS) is 16.4. The first kappa shape index (κ1) is 26.6. The molecule has 2 aromatic carbocycles. The van der Waals surface area contributed by atoms with E-state index in [1.54, 1.807) is 4.90 Å². The van der Waals surface area contributed by atoms with Crippen LogP contribution in [0.5, 0.6) is 0 Å². The van der Waals surface area contributed by atoms with E-state index in [2.05, 4.69) is 63.6 Å². The van der Waals surface area contributed by atoms with Crippen LogP contribution in [0.15, 0.2) is 59.9 Å². The van der Waals surface area contributed by atoms with Crippen molar-refractivity contribution in [2.45, 2.75) is 65.3 Å². The van der Waals surface area contributed by atoms with E-state index < -0.39 is 5.97 Å². The Morgan fingerprint density at radius 1 is 1.03 bits per heavy atom. The highest BCUT2D eigenvalue weighted by Crippen LogP contribution is 2.35. The Kier molecular flexibility index (Phi) is 8.05. The third kappa shape index (κ3) is 5.87. The van der Waals surface area contributed by atoms with E-state index in [9.17, 15) is 14.7 Å². The fourth-order valence-electron chi connectivity index (χ4n) is 5.68. The molecular weight excluding hydrogens is 492 g/mol. The van der Waals surface area contributed by atoms with E-state index in [1.165, 1.54) is 0 Å². The molecule has 2 aliphatic rings. The fourth-order valence-corrected chi connectivity index (χ4v) is 5.68. The lowest BCUT2D eigenvalue weighted by Gasteiger charge is -2.28. The van der Waals surface area contributed by atoms with E-state index in [0.717, 1.165) is 66.5 Å². The van der Waals surface area contributed by atoms with Crippen LogP contribution in [0.2, 0.25) is 0 Å². The molecule has 1 aliphatic heterocycles. The third-order valence-corrected chi connectivity index (χ3v) is 7.77. The van der Waals surface area contributed by atoms with Crippen molar-refractivity contribution in [2.75, 3.05) is 6.67 Å². The number of carbonyl (C=O) groups excluding carboxylic acids is 1. The molecule has 9 heteroatoms. The minimum atomic E-state index is -1.02. The van der Waals surface area contributed by atoms with Crippen LogP contribution in [0.25, 0.3) is 22.5 Å². The van der Waals surface area contributed by atoms with Crippen molar-refractivity contribution in [2.24, 2.45) is 11.8 Å². The second-order valence-corrected chi connectivity index (χ2v) is 11.0. The number of H-pyrrole nitrogens is 1. The molecule has 1 amide bonds. The number of hydrogen-bond acceptors (Lipinski definition) is 6. The zero-order valence-electron chi connectivity index (χ0n) is 22.6. The Labute approximate surface area is 228 Å². The second-order valence-electron chi connectivity index (χ2n) is 11.0. The molecule has 9 nitrogen and oxygen atoms in total. The first-order chi connectivity index (χ1) is 18.9. The van der Waals surface area contributed by atoms with E-state index in [0.29, 0.717) is 24.7 Å². The number of aromatic nitrogens is 4. The van der Waals surface area contributed by atoms with Gasteiger partial charge in [-0.25, -0.2) is 4.79 Å². The van der Waals surface area contributed by atoms with Gasteiger partial charge in [0.25, 0.3) is 0 Å². The van der Waals surface area contributed by atoms with Crippen molar-refractivity contribution in [1.29, 1.82) is 0 Å². The van der Waals surface area contributed by atoms with Crippen LogP contribution >= 0.6 is 0 Å². The fraction of sp³-hybridized carbons (Fsp3) is 0.433. The number of amides is 1. The van der Waals surface area contributed by atoms with Crippen molar-refractivity contribution < 1.29 is 14.7 Å². The van der Waals surface area contributed by atoms with Crippen LogP contribution in [-0.4, -0.2) is 54.1 Å². The first-order valence-electron chi connectivity index (χ1n) is 13.9. The molecule has 1 saturated carbocycles. The van der Waals surface area contributed by atoms with Gasteiger partial charge in [0.2, 0.25) is 11.7 Å². The monoisotopic (exact) mass is 528 g/mol. The number of nitrogens with one attached hydrogen (secondary N) is 1. The van der Waals surface area contributed by atoms with Gasteiger partial charge in [0.05, 0.1) is 6.67 Å². The molecule has 0 spiro atoms. The lowest BCUT2D eigenvalue weighted by molar-refractivity contribution is -0.142. The standard InChI is InChI=1S/C30H36N6O3/c1-20(2)12-17-26-27(30(38)39)36(29(37)23-8-4-3-5-9-23)19-35(26)18-21-13-15-22(16-14-21)24-10-6-7-11-25(24)28-31-33-34-32-28/h6-7,10-11,13-16,20,23H,3-5,8-9,12,17-19H2,1-2H3,(H,38,39)(H,31,32,33,34). The molecule has 0 radical (unpaired) electrons. The van der Waals surface area contributed by atoms with Crippen molar-refractivity contribution in [3.05, 3.63) is 65.5 Å². The minimum Gasteiger partial charge on any atom is -0.477 e. The lowest BCUT2D eigenvalue weighted by Crippen LogP contribution is -2.39. The molecular formula is C30H36N6O3. The molecule has 0 atom stereocenters. The van der Waals surface area contributed by atoms with Crippen LogP contribution in [0.1, 0.15) is 64.4 Å². The highest BCUT2D eigenvalue weighted by atomic mass is 16.4. The first-order valence-corrected chi connectivity index (χ1v) is 13.9. The zero-order chi connectivity index (χ0) is 27.4. The number of carbonyl (C=O) groups is 2. The number of nitrogens with zero attached hydrogens (tertiary/aromatic N) is 5. The van der Waals surface area contributed by atoms with Gasteiger partial charge in [-0.3, -0.25) is 9.69 Å². The Hall–Kier alpha value is -4.01. The topological polar surface area (TPSA) is 115 Å². The van der Waals surface area contributed by atoms with Crippen molar-refractivity contribution >= 4 is 11.9 Å². The Morgan fingerprint density at radius 2 is 1.74 bits per heavy atom. The number of rotatable bonds is 9. The Balaban J connectivity index is 1.40. The molecule has 1 fully saturated rings. The summed E-state index contributed by atoms with van der Waals surface area (Å²) in [5, 5.41) is 24.7. The van der Waals surface area contributed by atoms with Crippen LogP contribution in [0.3, 0.4) is 0 Å². The predicted molar refractivity (Wildman–Crippen MR) is 148 cm³/mol. The summed E-state index contributed by atoms with van der Waals surface area (Å²) < 4.78 is 0. The molecule has 3 aromatic rings. The smallest absolute Gasteiger partial charge is 0.354 e. The number of aliphatic carboxylic acids is 1. The molecule has 0 saturated heterocycles. The summed E-state index contributed by atoms with van der Waals surface area (Å²) in [4.78, 5) is 29.6. The van der Waals surface area contributed by atoms with Gasteiger partial charge >= 0.3 is 5.97 Å². The quantitative estimate of drug-likeness (QED) is 0.379. The number of hydrogen-bond donors (Lipinski definition) is 2. The van der Waals surface area contributed by atoms with Gasteiger partial charge < -0.3 is 10.0 Å². The number of tetrazole rings is 1. The highest BCUT2D eigenvalue weighted by Gasteiger charge is 2.39. The largest absolute Gasteiger partial charge is 0.477 e. The average Bonchev–Trinajstić information content (AvgIpc) is 3.61.